The Labute approximate surface area is 184 Å². The van der Waals surface area contributed by atoms with Crippen LogP contribution in [-0.2, 0) is 12.6 Å². The number of nitrogens with zero attached hydrogens (tertiary/aromatic N) is 2. The minimum Gasteiger partial charge on any atom is -0.497 e. The first kappa shape index (κ1) is 21.3. The predicted molar refractivity (Wildman–Crippen MR) is 114 cm³/mol. The van der Waals surface area contributed by atoms with Crippen molar-refractivity contribution in [3.05, 3.63) is 78.3 Å². The van der Waals surface area contributed by atoms with Crippen molar-refractivity contribution in [2.24, 2.45) is 7.05 Å². The Morgan fingerprint density at radius 1 is 1.19 bits per heavy atom. The van der Waals surface area contributed by atoms with E-state index < -0.39 is 11.5 Å². The number of amides is 1. The van der Waals surface area contributed by atoms with E-state index in [1.807, 2.05) is 0 Å². The first-order valence-corrected chi connectivity index (χ1v) is 9.80. The first-order chi connectivity index (χ1) is 15.5. The molecule has 0 saturated carbocycles. The van der Waals surface area contributed by atoms with Crippen LogP contribution in [-0.4, -0.2) is 41.6 Å². The monoisotopic (exact) mass is 437 g/mol. The summed E-state index contributed by atoms with van der Waals surface area (Å²) in [5.74, 6) is 1.11. The quantitative estimate of drug-likeness (QED) is 0.436. The van der Waals surface area contributed by atoms with E-state index >= 15 is 0 Å². The molecule has 2 N–H and O–H groups in total. The lowest BCUT2D eigenvalue weighted by molar-refractivity contribution is 0.0517. The number of carbonyl (C=O) groups excluding carboxylic acids is 1. The van der Waals surface area contributed by atoms with Gasteiger partial charge in [-0.15, -0.1) is 0 Å². The highest BCUT2D eigenvalue weighted by Crippen LogP contribution is 2.33. The Balaban J connectivity index is 1.59. The molecule has 0 bridgehead atoms. The lowest BCUT2D eigenvalue weighted by atomic mass is 9.93. The molecule has 0 spiro atoms. The van der Waals surface area contributed by atoms with Crippen molar-refractivity contribution in [3.63, 3.8) is 0 Å². The zero-order valence-electron chi connectivity index (χ0n) is 17.9. The number of rotatable bonds is 8. The molecule has 0 radical (unpaired) electrons. The third kappa shape index (κ3) is 3.85. The van der Waals surface area contributed by atoms with Gasteiger partial charge >= 0.3 is 0 Å². The molecule has 9 nitrogen and oxygen atoms in total. The highest BCUT2D eigenvalue weighted by atomic mass is 16.5. The van der Waals surface area contributed by atoms with Crippen LogP contribution in [0.2, 0.25) is 0 Å². The number of ether oxygens (including phenoxy) is 2. The zero-order chi connectivity index (χ0) is 22.7. The number of hydrogen-bond acceptors (Lipinski definition) is 7. The van der Waals surface area contributed by atoms with Gasteiger partial charge in [-0.05, 0) is 42.5 Å². The number of furan rings is 2. The van der Waals surface area contributed by atoms with Crippen LogP contribution in [0.3, 0.4) is 0 Å². The van der Waals surface area contributed by atoms with E-state index in [1.165, 1.54) is 23.5 Å². The maximum absolute atomic E-state index is 13.0. The molecule has 0 aliphatic rings. The van der Waals surface area contributed by atoms with Crippen LogP contribution >= 0.6 is 0 Å². The summed E-state index contributed by atoms with van der Waals surface area (Å²) in [5.41, 5.74) is 0.402. The molecule has 1 aromatic carbocycles. The fourth-order valence-corrected chi connectivity index (χ4v) is 3.47. The lowest BCUT2D eigenvalue weighted by Gasteiger charge is -2.25. The minimum atomic E-state index is -1.59. The second kappa shape index (κ2) is 8.64. The summed E-state index contributed by atoms with van der Waals surface area (Å²) in [6.07, 6.45) is 4.31. The Hall–Kier alpha value is -3.98. The number of carbonyl (C=O) groups is 1. The molecule has 0 unspecified atom stereocenters. The summed E-state index contributed by atoms with van der Waals surface area (Å²) in [5, 5.41) is 18.5. The van der Waals surface area contributed by atoms with Crippen LogP contribution in [0.5, 0.6) is 11.5 Å². The molecule has 4 aromatic rings. The van der Waals surface area contributed by atoms with Gasteiger partial charge in [-0.25, -0.2) is 0 Å². The van der Waals surface area contributed by atoms with Gasteiger partial charge in [-0.3, -0.25) is 9.48 Å². The SMILES string of the molecule is COc1ccc(OC)c(-c2cc(C(=O)NC[C@](O)(c3ccoc3)c3ccco3)n(C)n2)c1. The van der Waals surface area contributed by atoms with E-state index in [0.717, 1.165) is 0 Å². The molecule has 1 atom stereocenters. The van der Waals surface area contributed by atoms with E-state index in [4.69, 9.17) is 18.3 Å². The standard InChI is InChI=1S/C23H23N3O6/c1-26-19(12-18(25-26)17-11-16(29-2)6-7-20(17)30-3)22(27)24-14-23(28,15-8-10-31-13-15)21-5-4-9-32-21/h4-13,28H,14H2,1-3H3,(H,24,27)/t23-/m0/s1. The number of aromatic nitrogens is 2. The third-order valence-corrected chi connectivity index (χ3v) is 5.23. The molecule has 0 aliphatic heterocycles. The van der Waals surface area contributed by atoms with Crippen LogP contribution in [0.25, 0.3) is 11.3 Å². The van der Waals surface area contributed by atoms with Crippen LogP contribution in [0.1, 0.15) is 21.8 Å². The maximum atomic E-state index is 13.0. The molecule has 9 heteroatoms. The predicted octanol–water partition coefficient (Wildman–Crippen LogP) is 2.96. The minimum absolute atomic E-state index is 0.137. The van der Waals surface area contributed by atoms with Gasteiger partial charge in [0, 0.05) is 18.2 Å². The smallest absolute Gasteiger partial charge is 0.269 e. The van der Waals surface area contributed by atoms with Crippen LogP contribution in [0, 0.1) is 0 Å². The van der Waals surface area contributed by atoms with Gasteiger partial charge < -0.3 is 28.7 Å². The van der Waals surface area contributed by atoms with Gasteiger partial charge in [0.25, 0.3) is 5.91 Å². The average Bonchev–Trinajstić information content (AvgIpc) is 3.59. The number of methoxy groups -OCH3 is 2. The summed E-state index contributed by atoms with van der Waals surface area (Å²) in [6.45, 7) is -0.137. The second-order valence-corrected chi connectivity index (χ2v) is 7.14. The third-order valence-electron chi connectivity index (χ3n) is 5.23. The molecular formula is C23H23N3O6. The molecule has 0 saturated heterocycles. The van der Waals surface area contributed by atoms with Gasteiger partial charge in [-0.1, -0.05) is 0 Å². The molecule has 3 heterocycles. The summed E-state index contributed by atoms with van der Waals surface area (Å²) in [4.78, 5) is 13.0. The fourth-order valence-electron chi connectivity index (χ4n) is 3.47. The van der Waals surface area contributed by atoms with E-state index in [-0.39, 0.29) is 12.3 Å². The van der Waals surface area contributed by atoms with Gasteiger partial charge in [0.05, 0.1) is 45.2 Å². The van der Waals surface area contributed by atoms with Gasteiger partial charge in [0.1, 0.15) is 23.0 Å². The zero-order valence-corrected chi connectivity index (χ0v) is 17.9. The summed E-state index contributed by atoms with van der Waals surface area (Å²) in [7, 11) is 4.80. The van der Waals surface area contributed by atoms with E-state index in [9.17, 15) is 9.90 Å². The number of hydrogen-bond donors (Lipinski definition) is 2. The van der Waals surface area contributed by atoms with E-state index in [1.54, 1.807) is 63.7 Å². The number of nitrogens with one attached hydrogen (secondary N) is 1. The Morgan fingerprint density at radius 2 is 2.03 bits per heavy atom. The highest BCUT2D eigenvalue weighted by molar-refractivity contribution is 5.94. The van der Waals surface area contributed by atoms with Gasteiger partial charge in [-0.2, -0.15) is 5.10 Å². The van der Waals surface area contributed by atoms with Crippen molar-refractivity contribution in [1.82, 2.24) is 15.1 Å². The van der Waals surface area contributed by atoms with Crippen molar-refractivity contribution in [1.29, 1.82) is 0 Å². The largest absolute Gasteiger partial charge is 0.497 e. The molecule has 4 rings (SSSR count). The van der Waals surface area contributed by atoms with Crippen molar-refractivity contribution in [2.45, 2.75) is 5.60 Å². The number of aliphatic hydroxyl groups is 1. The molecule has 0 fully saturated rings. The van der Waals surface area contributed by atoms with Crippen LogP contribution in [0.15, 0.2) is 70.1 Å². The molecule has 3 aromatic heterocycles. The van der Waals surface area contributed by atoms with Crippen molar-refractivity contribution in [2.75, 3.05) is 20.8 Å². The van der Waals surface area contributed by atoms with E-state index in [0.29, 0.717) is 34.0 Å². The lowest BCUT2D eigenvalue weighted by Crippen LogP contribution is -2.41. The fraction of sp³-hybridized carbons (Fsp3) is 0.217. The number of aryl methyl sites for hydroxylation is 1. The van der Waals surface area contributed by atoms with Gasteiger partial charge in [0.15, 0.2) is 5.60 Å². The van der Waals surface area contributed by atoms with Crippen molar-refractivity contribution < 1.29 is 28.2 Å². The summed E-state index contributed by atoms with van der Waals surface area (Å²) >= 11 is 0. The second-order valence-electron chi connectivity index (χ2n) is 7.14. The van der Waals surface area contributed by atoms with Crippen molar-refractivity contribution >= 4 is 5.91 Å². The van der Waals surface area contributed by atoms with E-state index in [2.05, 4.69) is 10.4 Å². The molecule has 166 valence electrons. The molecule has 1 amide bonds. The van der Waals surface area contributed by atoms with Gasteiger partial charge in [0.2, 0.25) is 0 Å². The summed E-state index contributed by atoms with van der Waals surface area (Å²) < 4.78 is 22.7. The molecule has 0 aliphatic carbocycles. The number of benzene rings is 1. The molecule has 32 heavy (non-hydrogen) atoms. The van der Waals surface area contributed by atoms with Crippen LogP contribution in [0.4, 0.5) is 0 Å². The Bertz CT molecular complexity index is 1160. The highest BCUT2D eigenvalue weighted by Gasteiger charge is 2.36. The topological polar surface area (TPSA) is 112 Å². The van der Waals surface area contributed by atoms with Crippen LogP contribution < -0.4 is 14.8 Å². The van der Waals surface area contributed by atoms with Crippen molar-refractivity contribution in [3.8, 4) is 22.8 Å². The summed E-state index contributed by atoms with van der Waals surface area (Å²) in [6, 6.07) is 11.9. The first-order valence-electron chi connectivity index (χ1n) is 9.80. The normalized spacial score (nSPS) is 12.9. The molecular weight excluding hydrogens is 414 g/mol. The average molecular weight is 437 g/mol. The maximum Gasteiger partial charge on any atom is 0.269 e. The Morgan fingerprint density at radius 3 is 2.69 bits per heavy atom. The Kier molecular flexibility index (Phi) is 5.74.